The summed E-state index contributed by atoms with van der Waals surface area (Å²) < 4.78 is 5.23. The van der Waals surface area contributed by atoms with Gasteiger partial charge in [0.05, 0.1) is 6.54 Å². The summed E-state index contributed by atoms with van der Waals surface area (Å²) in [5.41, 5.74) is 0.998. The Bertz CT molecular complexity index is 979. The lowest BCUT2D eigenvalue weighted by Crippen LogP contribution is -2.41. The third-order valence-electron chi connectivity index (χ3n) is 5.47. The predicted molar refractivity (Wildman–Crippen MR) is 120 cm³/mol. The Morgan fingerprint density at radius 3 is 2.65 bits per heavy atom. The second-order valence-electron chi connectivity index (χ2n) is 7.73. The van der Waals surface area contributed by atoms with E-state index in [0.717, 1.165) is 38.0 Å². The van der Waals surface area contributed by atoms with Gasteiger partial charge in [0, 0.05) is 29.6 Å². The van der Waals surface area contributed by atoms with Crippen LogP contribution in [0.3, 0.4) is 0 Å². The summed E-state index contributed by atoms with van der Waals surface area (Å²) in [6.07, 6.45) is 2.14. The third-order valence-corrected chi connectivity index (χ3v) is 6.33. The fraction of sp³-hybridized carbons (Fsp3) is 0.348. The summed E-state index contributed by atoms with van der Waals surface area (Å²) in [7, 11) is 0. The number of hydrogen-bond donors (Lipinski definition) is 2. The largest absolute Gasteiger partial charge is 0.355 e. The summed E-state index contributed by atoms with van der Waals surface area (Å²) >= 11 is 1.79. The van der Waals surface area contributed by atoms with Crippen molar-refractivity contribution in [1.29, 1.82) is 0 Å². The molecule has 0 spiro atoms. The average Bonchev–Trinajstić information content (AvgIpc) is 3.50. The van der Waals surface area contributed by atoms with Crippen LogP contribution in [0.5, 0.6) is 0 Å². The number of amides is 2. The van der Waals surface area contributed by atoms with Crippen LogP contribution in [0.4, 0.5) is 0 Å². The first kappa shape index (κ1) is 21.3. The monoisotopic (exact) mass is 438 g/mol. The fourth-order valence-electron chi connectivity index (χ4n) is 3.66. The Labute approximate surface area is 185 Å². The normalized spacial score (nSPS) is 15.0. The number of carbonyl (C=O) groups excluding carboxylic acids is 2. The number of thiophene rings is 1. The Hall–Kier alpha value is -2.97. The number of carbonyl (C=O) groups is 2. The smallest absolute Gasteiger partial charge is 0.273 e. The van der Waals surface area contributed by atoms with E-state index in [9.17, 15) is 9.59 Å². The number of likely N-dealkylation sites (tertiary alicyclic amines) is 1. The minimum atomic E-state index is -0.428. The number of piperidine rings is 1. The van der Waals surface area contributed by atoms with Gasteiger partial charge in [0.25, 0.3) is 5.91 Å². The molecule has 0 atom stereocenters. The Morgan fingerprint density at radius 1 is 1.10 bits per heavy atom. The summed E-state index contributed by atoms with van der Waals surface area (Å²) in [5, 5.41) is 11.5. The molecule has 2 aromatic heterocycles. The van der Waals surface area contributed by atoms with Crippen LogP contribution in [-0.2, 0) is 11.3 Å². The standard InChI is InChI=1S/C23H26N4O3S/c28-22(24-14-17-8-10-27(11-9-17)16-19-7-4-12-31-19)15-25-23(29)20-13-21(30-26-20)18-5-2-1-3-6-18/h1-7,12-13,17H,8-11,14-16H2,(H,24,28)(H,25,29). The highest BCUT2D eigenvalue weighted by Gasteiger charge is 2.20. The van der Waals surface area contributed by atoms with Gasteiger partial charge in [-0.15, -0.1) is 11.3 Å². The van der Waals surface area contributed by atoms with E-state index >= 15 is 0 Å². The maximum absolute atomic E-state index is 12.2. The van der Waals surface area contributed by atoms with Gasteiger partial charge in [-0.05, 0) is 43.3 Å². The Morgan fingerprint density at radius 2 is 1.90 bits per heavy atom. The van der Waals surface area contributed by atoms with Crippen molar-refractivity contribution in [2.45, 2.75) is 19.4 Å². The molecule has 1 fully saturated rings. The van der Waals surface area contributed by atoms with E-state index in [0.29, 0.717) is 18.2 Å². The maximum Gasteiger partial charge on any atom is 0.273 e. The number of hydrogen-bond acceptors (Lipinski definition) is 6. The van der Waals surface area contributed by atoms with E-state index in [1.54, 1.807) is 17.4 Å². The molecule has 4 rings (SSSR count). The average molecular weight is 439 g/mol. The molecule has 2 amide bonds. The van der Waals surface area contributed by atoms with E-state index < -0.39 is 5.91 Å². The topological polar surface area (TPSA) is 87.5 Å². The predicted octanol–water partition coefficient (Wildman–Crippen LogP) is 3.16. The Balaban J connectivity index is 1.15. The second kappa shape index (κ2) is 10.4. The summed E-state index contributed by atoms with van der Waals surface area (Å²) in [4.78, 5) is 28.3. The van der Waals surface area contributed by atoms with E-state index in [2.05, 4.69) is 38.2 Å². The SMILES string of the molecule is O=C(CNC(=O)c1cc(-c2ccccc2)on1)NCC1CCN(Cc2cccs2)CC1. The van der Waals surface area contributed by atoms with Crippen molar-refractivity contribution in [3.8, 4) is 11.3 Å². The van der Waals surface area contributed by atoms with Crippen LogP contribution in [-0.4, -0.2) is 48.0 Å². The molecular formula is C23H26N4O3S. The number of benzene rings is 1. The van der Waals surface area contributed by atoms with Crippen LogP contribution in [0, 0.1) is 5.92 Å². The number of rotatable bonds is 8. The zero-order chi connectivity index (χ0) is 21.5. The second-order valence-corrected chi connectivity index (χ2v) is 8.76. The van der Waals surface area contributed by atoms with E-state index in [1.807, 2.05) is 30.3 Å². The first-order chi connectivity index (χ1) is 15.2. The van der Waals surface area contributed by atoms with Gasteiger partial charge >= 0.3 is 0 Å². The molecule has 8 heteroatoms. The van der Waals surface area contributed by atoms with Gasteiger partial charge in [-0.3, -0.25) is 14.5 Å². The quantitative estimate of drug-likeness (QED) is 0.564. The van der Waals surface area contributed by atoms with Crippen LogP contribution >= 0.6 is 11.3 Å². The van der Waals surface area contributed by atoms with Crippen LogP contribution in [0.2, 0.25) is 0 Å². The minimum absolute atomic E-state index is 0.0798. The van der Waals surface area contributed by atoms with Crippen LogP contribution in [0.15, 0.2) is 58.4 Å². The molecule has 0 bridgehead atoms. The lowest BCUT2D eigenvalue weighted by atomic mass is 9.97. The van der Waals surface area contributed by atoms with Gasteiger partial charge in [-0.25, -0.2) is 0 Å². The molecule has 31 heavy (non-hydrogen) atoms. The molecule has 3 heterocycles. The fourth-order valence-corrected chi connectivity index (χ4v) is 4.41. The minimum Gasteiger partial charge on any atom is -0.355 e. The highest BCUT2D eigenvalue weighted by molar-refractivity contribution is 7.09. The number of nitrogens with zero attached hydrogens (tertiary/aromatic N) is 2. The van der Waals surface area contributed by atoms with Gasteiger partial charge in [0.15, 0.2) is 11.5 Å². The first-order valence-corrected chi connectivity index (χ1v) is 11.4. The Kier molecular flexibility index (Phi) is 7.11. The maximum atomic E-state index is 12.2. The zero-order valence-corrected chi connectivity index (χ0v) is 18.1. The molecule has 0 unspecified atom stereocenters. The van der Waals surface area contributed by atoms with Gasteiger partial charge in [0.2, 0.25) is 5.91 Å². The summed E-state index contributed by atoms with van der Waals surface area (Å²) in [6.45, 7) is 3.67. The van der Waals surface area contributed by atoms with E-state index in [-0.39, 0.29) is 18.1 Å². The molecule has 2 N–H and O–H groups in total. The summed E-state index contributed by atoms with van der Waals surface area (Å²) in [6, 6.07) is 15.3. The third kappa shape index (κ3) is 6.02. The lowest BCUT2D eigenvalue weighted by Gasteiger charge is -2.31. The number of aromatic nitrogens is 1. The highest BCUT2D eigenvalue weighted by atomic mass is 32.1. The molecule has 1 saturated heterocycles. The number of nitrogens with one attached hydrogen (secondary N) is 2. The van der Waals surface area contributed by atoms with E-state index in [1.165, 1.54) is 4.88 Å². The van der Waals surface area contributed by atoms with Gasteiger partial charge in [-0.2, -0.15) is 0 Å². The summed E-state index contributed by atoms with van der Waals surface area (Å²) in [5.74, 6) is 0.368. The van der Waals surface area contributed by atoms with Crippen molar-refractivity contribution in [1.82, 2.24) is 20.7 Å². The van der Waals surface area contributed by atoms with Crippen LogP contribution in [0.25, 0.3) is 11.3 Å². The molecular weight excluding hydrogens is 412 g/mol. The molecule has 7 nitrogen and oxygen atoms in total. The molecule has 0 aliphatic carbocycles. The van der Waals surface area contributed by atoms with Crippen molar-refractivity contribution in [2.24, 2.45) is 5.92 Å². The van der Waals surface area contributed by atoms with E-state index in [4.69, 9.17) is 4.52 Å². The van der Waals surface area contributed by atoms with Crippen molar-refractivity contribution in [2.75, 3.05) is 26.2 Å². The molecule has 0 radical (unpaired) electrons. The van der Waals surface area contributed by atoms with Gasteiger partial charge < -0.3 is 15.2 Å². The van der Waals surface area contributed by atoms with Crippen LogP contribution in [0.1, 0.15) is 28.2 Å². The first-order valence-electron chi connectivity index (χ1n) is 10.5. The van der Waals surface area contributed by atoms with Crippen molar-refractivity contribution < 1.29 is 14.1 Å². The molecule has 1 aliphatic heterocycles. The van der Waals surface area contributed by atoms with Gasteiger partial charge in [-0.1, -0.05) is 41.6 Å². The van der Waals surface area contributed by atoms with Crippen molar-refractivity contribution >= 4 is 23.2 Å². The molecule has 162 valence electrons. The molecule has 0 saturated carbocycles. The molecule has 1 aliphatic rings. The molecule has 3 aromatic rings. The zero-order valence-electron chi connectivity index (χ0n) is 17.3. The lowest BCUT2D eigenvalue weighted by molar-refractivity contribution is -0.120. The molecule has 1 aromatic carbocycles. The van der Waals surface area contributed by atoms with Crippen molar-refractivity contribution in [3.63, 3.8) is 0 Å². The van der Waals surface area contributed by atoms with Crippen molar-refractivity contribution in [3.05, 3.63) is 64.5 Å². The highest BCUT2D eigenvalue weighted by Crippen LogP contribution is 2.21. The van der Waals surface area contributed by atoms with Crippen LogP contribution < -0.4 is 10.6 Å². The van der Waals surface area contributed by atoms with Gasteiger partial charge in [0.1, 0.15) is 0 Å².